The molecule has 0 aromatic heterocycles. The number of ether oxygens (including phenoxy) is 2. The number of hydrogen-bond acceptors (Lipinski definition) is 6. The normalized spacial score (nSPS) is 22.5. The van der Waals surface area contributed by atoms with Gasteiger partial charge < -0.3 is 14.4 Å². The molecule has 0 bridgehead atoms. The topological polar surface area (TPSA) is 93.2 Å². The second kappa shape index (κ2) is 7.27. The summed E-state index contributed by atoms with van der Waals surface area (Å²) >= 11 is 0. The fourth-order valence-electron chi connectivity index (χ4n) is 4.18. The van der Waals surface area contributed by atoms with Crippen molar-refractivity contribution in [3.63, 3.8) is 0 Å². The molecule has 1 aromatic rings. The van der Waals surface area contributed by atoms with E-state index in [4.69, 9.17) is 9.47 Å². The maximum absolute atomic E-state index is 12.9. The second-order valence-corrected chi connectivity index (χ2v) is 9.47. The first-order valence-corrected chi connectivity index (χ1v) is 11.0. The van der Waals surface area contributed by atoms with Gasteiger partial charge in [0.15, 0.2) is 11.5 Å². The Bertz CT molecular complexity index is 894. The summed E-state index contributed by atoms with van der Waals surface area (Å²) in [6.45, 7) is 1.04. The Morgan fingerprint density at radius 2 is 1.82 bits per heavy atom. The average molecular weight is 408 g/mol. The number of fused-ring (bicyclic) bond motifs is 1. The van der Waals surface area contributed by atoms with Gasteiger partial charge in [0.1, 0.15) is 13.2 Å². The number of rotatable bonds is 4. The van der Waals surface area contributed by atoms with Gasteiger partial charge in [-0.05, 0) is 25.0 Å². The first-order valence-electron chi connectivity index (χ1n) is 9.60. The van der Waals surface area contributed by atoms with E-state index in [0.717, 1.165) is 30.0 Å². The fraction of sp³-hybridized carbons (Fsp3) is 0.579. The van der Waals surface area contributed by atoms with Crippen molar-refractivity contribution in [2.24, 2.45) is 5.92 Å². The highest BCUT2D eigenvalue weighted by Gasteiger charge is 2.41. The SMILES string of the molecule is CN(C(=O)C1CC(=O)N(C2CCCC2)C1)S(=O)(=O)c1ccc2c(c1)OCCO2. The van der Waals surface area contributed by atoms with E-state index >= 15 is 0 Å². The molecule has 1 saturated carbocycles. The zero-order valence-corrected chi connectivity index (χ0v) is 16.6. The highest BCUT2D eigenvalue weighted by molar-refractivity contribution is 7.89. The van der Waals surface area contributed by atoms with Gasteiger partial charge in [-0.1, -0.05) is 12.8 Å². The smallest absolute Gasteiger partial charge is 0.266 e. The van der Waals surface area contributed by atoms with Crippen molar-refractivity contribution in [1.82, 2.24) is 9.21 Å². The Hall–Kier alpha value is -2.29. The van der Waals surface area contributed by atoms with E-state index in [2.05, 4.69) is 0 Å². The van der Waals surface area contributed by atoms with Crippen LogP contribution in [0.25, 0.3) is 0 Å². The number of amides is 2. The minimum atomic E-state index is -4.04. The summed E-state index contributed by atoms with van der Waals surface area (Å²) in [5.41, 5.74) is 0. The molecular weight excluding hydrogens is 384 g/mol. The quantitative estimate of drug-likeness (QED) is 0.748. The number of carbonyl (C=O) groups excluding carboxylic acids is 2. The van der Waals surface area contributed by atoms with Gasteiger partial charge in [-0.15, -0.1) is 0 Å². The van der Waals surface area contributed by atoms with E-state index in [-0.39, 0.29) is 23.3 Å². The molecule has 1 aromatic carbocycles. The molecule has 2 fully saturated rings. The van der Waals surface area contributed by atoms with Crippen molar-refractivity contribution in [3.05, 3.63) is 18.2 Å². The summed E-state index contributed by atoms with van der Waals surface area (Å²) in [7, 11) is -2.80. The van der Waals surface area contributed by atoms with E-state index in [9.17, 15) is 18.0 Å². The number of sulfonamides is 1. The Labute approximate surface area is 164 Å². The lowest BCUT2D eigenvalue weighted by atomic mass is 10.1. The van der Waals surface area contributed by atoms with E-state index in [0.29, 0.717) is 31.3 Å². The van der Waals surface area contributed by atoms with Gasteiger partial charge in [0, 0.05) is 32.1 Å². The van der Waals surface area contributed by atoms with Crippen LogP contribution >= 0.6 is 0 Å². The Morgan fingerprint density at radius 1 is 1.14 bits per heavy atom. The first-order chi connectivity index (χ1) is 13.4. The van der Waals surface area contributed by atoms with Crippen LogP contribution in [0.3, 0.4) is 0 Å². The molecular formula is C19H24N2O6S. The second-order valence-electron chi connectivity index (χ2n) is 7.50. The standard InChI is InChI=1S/C19H24N2O6S/c1-20(19(23)13-10-18(22)21(12-13)14-4-2-3-5-14)28(24,25)15-6-7-16-17(11-15)27-9-8-26-16/h6-7,11,13-14H,2-5,8-10,12H2,1H3. The van der Waals surface area contributed by atoms with Crippen LogP contribution in [0.4, 0.5) is 0 Å². The largest absolute Gasteiger partial charge is 0.486 e. The maximum atomic E-state index is 12.9. The molecule has 0 spiro atoms. The number of carbonyl (C=O) groups is 2. The fourth-order valence-corrected chi connectivity index (χ4v) is 5.38. The van der Waals surface area contributed by atoms with E-state index < -0.39 is 21.8 Å². The molecule has 1 aliphatic carbocycles. The molecule has 1 atom stereocenters. The lowest BCUT2D eigenvalue weighted by Gasteiger charge is -2.25. The van der Waals surface area contributed by atoms with Crippen LogP contribution in [0.2, 0.25) is 0 Å². The van der Waals surface area contributed by atoms with Crippen LogP contribution in [0.15, 0.2) is 23.1 Å². The van der Waals surface area contributed by atoms with E-state index in [1.807, 2.05) is 0 Å². The van der Waals surface area contributed by atoms with Crippen molar-refractivity contribution >= 4 is 21.8 Å². The third-order valence-corrected chi connectivity index (χ3v) is 7.51. The molecule has 0 radical (unpaired) electrons. The Balaban J connectivity index is 1.50. The van der Waals surface area contributed by atoms with Gasteiger partial charge in [0.25, 0.3) is 10.0 Å². The molecule has 9 heteroatoms. The number of hydrogen-bond donors (Lipinski definition) is 0. The summed E-state index contributed by atoms with van der Waals surface area (Å²) in [6, 6.07) is 4.49. The summed E-state index contributed by atoms with van der Waals surface area (Å²) in [5, 5.41) is 0. The summed E-state index contributed by atoms with van der Waals surface area (Å²) < 4.78 is 37.5. The maximum Gasteiger partial charge on any atom is 0.266 e. The molecule has 152 valence electrons. The molecule has 2 aliphatic heterocycles. The van der Waals surface area contributed by atoms with Crippen LogP contribution < -0.4 is 9.47 Å². The molecule has 1 unspecified atom stereocenters. The van der Waals surface area contributed by atoms with Crippen molar-refractivity contribution in [2.45, 2.75) is 43.0 Å². The highest BCUT2D eigenvalue weighted by Crippen LogP contribution is 2.34. The summed E-state index contributed by atoms with van der Waals surface area (Å²) in [4.78, 5) is 27.0. The van der Waals surface area contributed by atoms with Gasteiger partial charge in [-0.25, -0.2) is 12.7 Å². The van der Waals surface area contributed by atoms with E-state index in [1.165, 1.54) is 25.2 Å². The summed E-state index contributed by atoms with van der Waals surface area (Å²) in [5.74, 6) is -0.423. The highest BCUT2D eigenvalue weighted by atomic mass is 32.2. The Morgan fingerprint density at radius 3 is 2.54 bits per heavy atom. The van der Waals surface area contributed by atoms with Crippen LogP contribution in [0.1, 0.15) is 32.1 Å². The molecule has 4 rings (SSSR count). The number of benzene rings is 1. The third-order valence-electron chi connectivity index (χ3n) is 5.76. The van der Waals surface area contributed by atoms with Gasteiger partial charge in [0.2, 0.25) is 11.8 Å². The number of likely N-dealkylation sites (tertiary alicyclic amines) is 1. The number of nitrogens with zero attached hydrogens (tertiary/aromatic N) is 2. The van der Waals surface area contributed by atoms with Crippen LogP contribution in [-0.4, -0.2) is 62.3 Å². The van der Waals surface area contributed by atoms with E-state index in [1.54, 1.807) is 4.90 Å². The monoisotopic (exact) mass is 408 g/mol. The van der Waals surface area contributed by atoms with Crippen molar-refractivity contribution in [2.75, 3.05) is 26.8 Å². The van der Waals surface area contributed by atoms with Gasteiger partial charge in [-0.3, -0.25) is 9.59 Å². The van der Waals surface area contributed by atoms with Gasteiger partial charge in [0.05, 0.1) is 10.8 Å². The predicted octanol–water partition coefficient (Wildman–Crippen LogP) is 1.40. The molecule has 28 heavy (non-hydrogen) atoms. The predicted molar refractivity (Wildman–Crippen MR) is 99.5 cm³/mol. The lowest BCUT2D eigenvalue weighted by Crippen LogP contribution is -2.40. The first kappa shape index (κ1) is 19.0. The summed E-state index contributed by atoms with van der Waals surface area (Å²) in [6.07, 6.45) is 4.16. The zero-order valence-electron chi connectivity index (χ0n) is 15.8. The zero-order chi connectivity index (χ0) is 19.9. The third kappa shape index (κ3) is 3.32. The molecule has 3 aliphatic rings. The molecule has 2 amide bonds. The molecule has 1 saturated heterocycles. The van der Waals surface area contributed by atoms with Crippen molar-refractivity contribution < 1.29 is 27.5 Å². The van der Waals surface area contributed by atoms with Gasteiger partial charge in [-0.2, -0.15) is 0 Å². The van der Waals surface area contributed by atoms with Crippen LogP contribution in [-0.2, 0) is 19.6 Å². The lowest BCUT2D eigenvalue weighted by molar-refractivity contribution is -0.131. The molecule has 0 N–H and O–H groups in total. The Kier molecular flexibility index (Phi) is 4.95. The minimum Gasteiger partial charge on any atom is -0.486 e. The van der Waals surface area contributed by atoms with Crippen molar-refractivity contribution in [3.8, 4) is 11.5 Å². The van der Waals surface area contributed by atoms with Gasteiger partial charge >= 0.3 is 0 Å². The van der Waals surface area contributed by atoms with Crippen LogP contribution in [0, 0.1) is 5.92 Å². The molecule has 8 nitrogen and oxygen atoms in total. The van der Waals surface area contributed by atoms with Crippen LogP contribution in [0.5, 0.6) is 11.5 Å². The minimum absolute atomic E-state index is 0.0374. The average Bonchev–Trinajstić information content (AvgIpc) is 3.35. The van der Waals surface area contributed by atoms with Crippen molar-refractivity contribution in [1.29, 1.82) is 0 Å². The molecule has 2 heterocycles.